The highest BCUT2D eigenvalue weighted by atomic mass is 32.1. The molecule has 3 nitrogen and oxygen atoms in total. The van der Waals surface area contributed by atoms with Gasteiger partial charge in [-0.25, -0.2) is 4.39 Å². The highest BCUT2D eigenvalue weighted by molar-refractivity contribution is 7.10. The highest BCUT2D eigenvalue weighted by Gasteiger charge is 2.03. The third kappa shape index (κ3) is 5.95. The Kier molecular flexibility index (Phi) is 6.22. The first kappa shape index (κ1) is 15.5. The smallest absolute Gasteiger partial charge is 0.225 e. The number of unbranched alkanes of at least 4 members (excludes halogenated alkanes) is 1. The van der Waals surface area contributed by atoms with E-state index in [4.69, 9.17) is 4.74 Å². The summed E-state index contributed by atoms with van der Waals surface area (Å²) < 4.78 is 18.2. The van der Waals surface area contributed by atoms with E-state index in [1.54, 1.807) is 23.5 Å². The van der Waals surface area contributed by atoms with Crippen molar-refractivity contribution < 1.29 is 13.9 Å². The molecule has 0 saturated heterocycles. The molecule has 0 fully saturated rings. The summed E-state index contributed by atoms with van der Waals surface area (Å²) in [6.45, 7) is 1.21. The minimum absolute atomic E-state index is 0.0527. The molecule has 0 aliphatic heterocycles. The second-order valence-electron chi connectivity index (χ2n) is 4.62. The van der Waals surface area contributed by atoms with Crippen molar-refractivity contribution in [2.45, 2.75) is 19.3 Å². The molecule has 21 heavy (non-hydrogen) atoms. The Balaban J connectivity index is 1.52. The molecule has 0 radical (unpaired) electrons. The van der Waals surface area contributed by atoms with Gasteiger partial charge in [0.1, 0.15) is 11.6 Å². The van der Waals surface area contributed by atoms with Gasteiger partial charge in [0.25, 0.3) is 0 Å². The summed E-state index contributed by atoms with van der Waals surface area (Å²) in [4.78, 5) is 12.7. The Hall–Kier alpha value is -1.88. The summed E-state index contributed by atoms with van der Waals surface area (Å²) in [5.74, 6) is 0.450. The van der Waals surface area contributed by atoms with E-state index >= 15 is 0 Å². The lowest BCUT2D eigenvalue weighted by atomic mass is 10.3. The van der Waals surface area contributed by atoms with Gasteiger partial charge in [0, 0.05) is 11.4 Å². The molecule has 2 aromatic rings. The number of benzene rings is 1. The molecule has 0 unspecified atom stereocenters. The predicted octanol–water partition coefficient (Wildman–Crippen LogP) is 3.41. The van der Waals surface area contributed by atoms with Gasteiger partial charge in [-0.2, -0.15) is 0 Å². The van der Waals surface area contributed by atoms with Gasteiger partial charge in [-0.05, 0) is 48.6 Å². The Morgan fingerprint density at radius 2 is 2.00 bits per heavy atom. The van der Waals surface area contributed by atoms with Gasteiger partial charge in [0.15, 0.2) is 0 Å². The summed E-state index contributed by atoms with van der Waals surface area (Å²) in [5.41, 5.74) is 0. The van der Waals surface area contributed by atoms with Crippen LogP contribution >= 0.6 is 11.3 Å². The quantitative estimate of drug-likeness (QED) is 0.759. The first-order valence-electron chi connectivity index (χ1n) is 6.91. The molecular weight excluding hydrogens is 289 g/mol. The number of thiophene rings is 1. The van der Waals surface area contributed by atoms with E-state index in [9.17, 15) is 9.18 Å². The molecule has 1 aromatic carbocycles. The molecule has 112 valence electrons. The Morgan fingerprint density at radius 1 is 1.19 bits per heavy atom. The summed E-state index contributed by atoms with van der Waals surface area (Å²) >= 11 is 1.59. The molecule has 1 heterocycles. The normalized spacial score (nSPS) is 10.3. The maximum atomic E-state index is 12.7. The van der Waals surface area contributed by atoms with E-state index in [0.29, 0.717) is 25.3 Å². The van der Waals surface area contributed by atoms with Crippen LogP contribution in [0, 0.1) is 5.82 Å². The molecule has 1 amide bonds. The summed E-state index contributed by atoms with van der Waals surface area (Å²) in [6.07, 6.45) is 2.15. The maximum Gasteiger partial charge on any atom is 0.225 e. The first-order chi connectivity index (χ1) is 10.2. The molecule has 0 bridgehead atoms. The van der Waals surface area contributed by atoms with Crippen LogP contribution in [-0.2, 0) is 11.2 Å². The van der Waals surface area contributed by atoms with Gasteiger partial charge in [0.05, 0.1) is 13.0 Å². The fourth-order valence-electron chi connectivity index (χ4n) is 1.81. The number of nitrogens with one attached hydrogen (secondary N) is 1. The fraction of sp³-hybridized carbons (Fsp3) is 0.312. The van der Waals surface area contributed by atoms with Crippen molar-refractivity contribution in [2.24, 2.45) is 0 Å². The van der Waals surface area contributed by atoms with Gasteiger partial charge in [-0.1, -0.05) is 6.07 Å². The Labute approximate surface area is 127 Å². The van der Waals surface area contributed by atoms with Crippen molar-refractivity contribution in [2.75, 3.05) is 13.2 Å². The van der Waals surface area contributed by atoms with Crippen molar-refractivity contribution in [1.29, 1.82) is 0 Å². The number of hydrogen-bond donors (Lipinski definition) is 1. The zero-order valence-electron chi connectivity index (χ0n) is 11.7. The topological polar surface area (TPSA) is 38.3 Å². The Morgan fingerprint density at radius 3 is 2.71 bits per heavy atom. The predicted molar refractivity (Wildman–Crippen MR) is 82.2 cm³/mol. The number of ether oxygens (including phenoxy) is 1. The zero-order chi connectivity index (χ0) is 14.9. The summed E-state index contributed by atoms with van der Waals surface area (Å²) in [7, 11) is 0. The number of rotatable bonds is 8. The van der Waals surface area contributed by atoms with Crippen LogP contribution in [-0.4, -0.2) is 19.1 Å². The lowest BCUT2D eigenvalue weighted by Crippen LogP contribution is -2.26. The van der Waals surface area contributed by atoms with E-state index in [-0.39, 0.29) is 11.7 Å². The molecule has 0 aliphatic rings. The van der Waals surface area contributed by atoms with Crippen molar-refractivity contribution in [1.82, 2.24) is 5.32 Å². The number of halogens is 1. The third-order valence-corrected chi connectivity index (χ3v) is 3.77. The van der Waals surface area contributed by atoms with Crippen LogP contribution in [0.1, 0.15) is 17.7 Å². The van der Waals surface area contributed by atoms with E-state index in [1.165, 1.54) is 12.1 Å². The summed E-state index contributed by atoms with van der Waals surface area (Å²) in [6, 6.07) is 9.87. The average Bonchev–Trinajstić information content (AvgIpc) is 2.97. The van der Waals surface area contributed by atoms with Gasteiger partial charge >= 0.3 is 0 Å². The first-order valence-corrected chi connectivity index (χ1v) is 7.79. The number of carbonyl (C=O) groups excluding carboxylic acids is 1. The van der Waals surface area contributed by atoms with E-state index in [0.717, 1.165) is 17.7 Å². The van der Waals surface area contributed by atoms with Crippen LogP contribution in [0.2, 0.25) is 0 Å². The highest BCUT2D eigenvalue weighted by Crippen LogP contribution is 2.11. The minimum atomic E-state index is -0.268. The van der Waals surface area contributed by atoms with Gasteiger partial charge in [-0.15, -0.1) is 11.3 Å². The van der Waals surface area contributed by atoms with Crippen LogP contribution in [0.3, 0.4) is 0 Å². The molecule has 0 spiro atoms. The fourth-order valence-corrected chi connectivity index (χ4v) is 2.51. The van der Waals surface area contributed by atoms with Gasteiger partial charge in [-0.3, -0.25) is 4.79 Å². The number of hydrogen-bond acceptors (Lipinski definition) is 3. The van der Waals surface area contributed by atoms with Crippen LogP contribution in [0.15, 0.2) is 41.8 Å². The molecule has 0 aliphatic carbocycles. The average molecular weight is 307 g/mol. The molecule has 0 atom stereocenters. The van der Waals surface area contributed by atoms with Crippen LogP contribution in [0.4, 0.5) is 4.39 Å². The molecule has 1 aromatic heterocycles. The third-order valence-electron chi connectivity index (χ3n) is 2.89. The van der Waals surface area contributed by atoms with Crippen molar-refractivity contribution in [3.8, 4) is 5.75 Å². The van der Waals surface area contributed by atoms with E-state index in [2.05, 4.69) is 5.32 Å². The van der Waals surface area contributed by atoms with Crippen LogP contribution in [0.25, 0.3) is 0 Å². The molecule has 1 N–H and O–H groups in total. The molecule has 5 heteroatoms. The molecule has 2 rings (SSSR count). The van der Waals surface area contributed by atoms with Crippen molar-refractivity contribution in [3.05, 3.63) is 52.5 Å². The lowest BCUT2D eigenvalue weighted by molar-refractivity contribution is -0.120. The zero-order valence-corrected chi connectivity index (χ0v) is 12.5. The largest absolute Gasteiger partial charge is 0.494 e. The monoisotopic (exact) mass is 307 g/mol. The lowest BCUT2D eigenvalue weighted by Gasteiger charge is -2.07. The maximum absolute atomic E-state index is 12.7. The SMILES string of the molecule is O=C(Cc1cccs1)NCCCCOc1ccc(F)cc1. The van der Waals surface area contributed by atoms with Gasteiger partial charge < -0.3 is 10.1 Å². The van der Waals surface area contributed by atoms with E-state index in [1.807, 2.05) is 17.5 Å². The van der Waals surface area contributed by atoms with Crippen LogP contribution in [0.5, 0.6) is 5.75 Å². The minimum Gasteiger partial charge on any atom is -0.494 e. The van der Waals surface area contributed by atoms with Gasteiger partial charge in [0.2, 0.25) is 5.91 Å². The molecular formula is C16H18FNO2S. The number of amides is 1. The van der Waals surface area contributed by atoms with Crippen molar-refractivity contribution >= 4 is 17.2 Å². The second-order valence-corrected chi connectivity index (χ2v) is 5.65. The molecule has 0 saturated carbocycles. The standard InChI is InChI=1S/C16H18FNO2S/c17-13-5-7-14(8-6-13)20-10-2-1-9-18-16(19)12-15-4-3-11-21-15/h3-8,11H,1-2,9-10,12H2,(H,18,19). The van der Waals surface area contributed by atoms with Crippen LogP contribution < -0.4 is 10.1 Å². The Bertz CT molecular complexity index is 540. The van der Waals surface area contributed by atoms with E-state index < -0.39 is 0 Å². The number of carbonyl (C=O) groups is 1. The summed E-state index contributed by atoms with van der Waals surface area (Å²) in [5, 5.41) is 4.86. The van der Waals surface area contributed by atoms with Crippen molar-refractivity contribution in [3.63, 3.8) is 0 Å². The second kappa shape index (κ2) is 8.42.